The molecule has 4 nitrogen and oxygen atoms in total. The van der Waals surface area contributed by atoms with Crippen molar-refractivity contribution in [2.75, 3.05) is 0 Å². The van der Waals surface area contributed by atoms with Gasteiger partial charge in [0.25, 0.3) is 11.5 Å². The average Bonchev–Trinajstić information content (AvgIpc) is 2.57. The Labute approximate surface area is 137 Å². The number of benzene rings is 1. The molecule has 1 heterocycles. The molecule has 0 unspecified atom stereocenters. The van der Waals surface area contributed by atoms with Gasteiger partial charge in [-0.2, -0.15) is 0 Å². The van der Waals surface area contributed by atoms with E-state index < -0.39 is 0 Å². The second-order valence-corrected chi connectivity index (χ2v) is 5.81. The first-order valence-electron chi connectivity index (χ1n) is 8.07. The molecule has 1 aromatic carbocycles. The van der Waals surface area contributed by atoms with Crippen LogP contribution >= 0.6 is 0 Å². The summed E-state index contributed by atoms with van der Waals surface area (Å²) in [5.41, 5.74) is 2.93. The van der Waals surface area contributed by atoms with E-state index in [0.717, 1.165) is 29.7 Å². The van der Waals surface area contributed by atoms with Gasteiger partial charge in [-0.25, -0.2) is 0 Å². The molecule has 0 fully saturated rings. The lowest BCUT2D eigenvalue weighted by atomic mass is 10.1. The Morgan fingerprint density at radius 3 is 2.52 bits per heavy atom. The molecular weight excluding hydrogens is 288 g/mol. The summed E-state index contributed by atoms with van der Waals surface area (Å²) >= 11 is 0. The molecule has 0 aliphatic carbocycles. The fraction of sp³-hybridized carbons (Fsp3) is 0.368. The molecule has 0 radical (unpaired) electrons. The van der Waals surface area contributed by atoms with Crippen molar-refractivity contribution < 1.29 is 4.79 Å². The first-order valence-corrected chi connectivity index (χ1v) is 8.07. The average molecular weight is 312 g/mol. The predicted molar refractivity (Wildman–Crippen MR) is 92.7 cm³/mol. The molecule has 0 saturated carbocycles. The molecule has 1 amide bonds. The SMILES string of the molecule is CCCCn1c(C)c(C)cc(C(=O)NCc2ccccc2)c1=O. The Morgan fingerprint density at radius 2 is 1.87 bits per heavy atom. The number of nitrogens with zero attached hydrogens (tertiary/aromatic N) is 1. The van der Waals surface area contributed by atoms with Gasteiger partial charge in [0, 0.05) is 18.8 Å². The zero-order valence-corrected chi connectivity index (χ0v) is 14.1. The van der Waals surface area contributed by atoms with E-state index in [1.807, 2.05) is 44.2 Å². The van der Waals surface area contributed by atoms with Gasteiger partial charge in [0.05, 0.1) is 0 Å². The first-order chi connectivity index (χ1) is 11.0. The summed E-state index contributed by atoms with van der Waals surface area (Å²) in [6.07, 6.45) is 1.94. The molecule has 0 atom stereocenters. The van der Waals surface area contributed by atoms with E-state index in [9.17, 15) is 9.59 Å². The molecule has 0 bridgehead atoms. The van der Waals surface area contributed by atoms with E-state index in [1.54, 1.807) is 10.6 Å². The third-order valence-corrected chi connectivity index (χ3v) is 4.09. The van der Waals surface area contributed by atoms with Gasteiger partial charge in [0.1, 0.15) is 5.56 Å². The third kappa shape index (κ3) is 4.09. The van der Waals surface area contributed by atoms with Crippen molar-refractivity contribution in [1.29, 1.82) is 0 Å². The van der Waals surface area contributed by atoms with Crippen LogP contribution in [0.15, 0.2) is 41.2 Å². The monoisotopic (exact) mass is 312 g/mol. The fourth-order valence-electron chi connectivity index (χ4n) is 2.51. The number of unbranched alkanes of at least 4 members (excludes halogenated alkanes) is 1. The highest BCUT2D eigenvalue weighted by Crippen LogP contribution is 2.08. The Morgan fingerprint density at radius 1 is 1.17 bits per heavy atom. The van der Waals surface area contributed by atoms with Gasteiger partial charge < -0.3 is 9.88 Å². The van der Waals surface area contributed by atoms with Crippen molar-refractivity contribution in [2.24, 2.45) is 0 Å². The number of pyridine rings is 1. The highest BCUT2D eigenvalue weighted by molar-refractivity contribution is 5.94. The number of hydrogen-bond acceptors (Lipinski definition) is 2. The molecule has 0 spiro atoms. The number of hydrogen-bond donors (Lipinski definition) is 1. The minimum absolute atomic E-state index is 0.202. The summed E-state index contributed by atoms with van der Waals surface area (Å²) in [6, 6.07) is 11.4. The Bertz CT molecular complexity index is 733. The van der Waals surface area contributed by atoms with E-state index in [4.69, 9.17) is 0 Å². The molecule has 2 rings (SSSR count). The van der Waals surface area contributed by atoms with E-state index in [2.05, 4.69) is 12.2 Å². The van der Waals surface area contributed by atoms with Crippen molar-refractivity contribution in [3.63, 3.8) is 0 Å². The van der Waals surface area contributed by atoms with Crippen LogP contribution in [0.25, 0.3) is 0 Å². The maximum atomic E-state index is 12.6. The van der Waals surface area contributed by atoms with Crippen molar-refractivity contribution in [3.8, 4) is 0 Å². The second kappa shape index (κ2) is 7.77. The van der Waals surface area contributed by atoms with Crippen molar-refractivity contribution >= 4 is 5.91 Å². The Kier molecular flexibility index (Phi) is 5.74. The zero-order valence-electron chi connectivity index (χ0n) is 14.1. The van der Waals surface area contributed by atoms with Gasteiger partial charge in [-0.1, -0.05) is 43.7 Å². The van der Waals surface area contributed by atoms with Crippen LogP contribution in [0, 0.1) is 13.8 Å². The van der Waals surface area contributed by atoms with Crippen LogP contribution in [0.4, 0.5) is 0 Å². The summed E-state index contributed by atoms with van der Waals surface area (Å²) in [5, 5.41) is 2.83. The van der Waals surface area contributed by atoms with E-state index in [0.29, 0.717) is 13.1 Å². The normalized spacial score (nSPS) is 10.6. The van der Waals surface area contributed by atoms with Crippen LogP contribution in [-0.4, -0.2) is 10.5 Å². The van der Waals surface area contributed by atoms with Gasteiger partial charge in [-0.15, -0.1) is 0 Å². The highest BCUT2D eigenvalue weighted by atomic mass is 16.2. The third-order valence-electron chi connectivity index (χ3n) is 4.09. The number of amides is 1. The van der Waals surface area contributed by atoms with E-state index >= 15 is 0 Å². The Hall–Kier alpha value is -2.36. The number of rotatable bonds is 6. The first kappa shape index (κ1) is 17.0. The van der Waals surface area contributed by atoms with Crippen LogP contribution in [0.2, 0.25) is 0 Å². The van der Waals surface area contributed by atoms with Gasteiger partial charge in [-0.05, 0) is 37.5 Å². The highest BCUT2D eigenvalue weighted by Gasteiger charge is 2.15. The number of aryl methyl sites for hydroxylation is 1. The molecule has 0 aliphatic heterocycles. The molecule has 1 N–H and O–H groups in total. The fourth-order valence-corrected chi connectivity index (χ4v) is 2.51. The lowest BCUT2D eigenvalue weighted by molar-refractivity contribution is 0.0948. The Balaban J connectivity index is 2.23. The van der Waals surface area contributed by atoms with Crippen molar-refractivity contribution in [1.82, 2.24) is 9.88 Å². The van der Waals surface area contributed by atoms with Crippen LogP contribution in [0.3, 0.4) is 0 Å². The number of carbonyl (C=O) groups excluding carboxylic acids is 1. The van der Waals surface area contributed by atoms with Crippen LogP contribution in [0.1, 0.15) is 46.9 Å². The smallest absolute Gasteiger partial charge is 0.263 e. The molecule has 0 aliphatic rings. The van der Waals surface area contributed by atoms with Crippen molar-refractivity contribution in [2.45, 2.75) is 46.7 Å². The minimum Gasteiger partial charge on any atom is -0.348 e. The van der Waals surface area contributed by atoms with E-state index in [-0.39, 0.29) is 17.0 Å². The molecule has 2 aromatic rings. The molecule has 122 valence electrons. The number of carbonyl (C=O) groups is 1. The topological polar surface area (TPSA) is 51.1 Å². The summed E-state index contributed by atoms with van der Waals surface area (Å²) in [5.74, 6) is -0.313. The second-order valence-electron chi connectivity index (χ2n) is 5.81. The maximum Gasteiger partial charge on any atom is 0.263 e. The molecule has 1 aromatic heterocycles. The summed E-state index contributed by atoms with van der Waals surface area (Å²) < 4.78 is 1.72. The van der Waals surface area contributed by atoms with E-state index in [1.165, 1.54) is 0 Å². The summed E-state index contributed by atoms with van der Waals surface area (Å²) in [6.45, 7) is 7.02. The van der Waals surface area contributed by atoms with Crippen LogP contribution in [-0.2, 0) is 13.1 Å². The lowest BCUT2D eigenvalue weighted by Gasteiger charge is -2.14. The van der Waals surface area contributed by atoms with Gasteiger partial charge in [-0.3, -0.25) is 9.59 Å². The number of nitrogens with one attached hydrogen (secondary N) is 1. The minimum atomic E-state index is -0.313. The van der Waals surface area contributed by atoms with Gasteiger partial charge in [0.2, 0.25) is 0 Å². The molecule has 23 heavy (non-hydrogen) atoms. The van der Waals surface area contributed by atoms with Crippen molar-refractivity contribution in [3.05, 3.63) is 69.1 Å². The predicted octanol–water partition coefficient (Wildman–Crippen LogP) is 3.20. The molecule has 0 saturated heterocycles. The lowest BCUT2D eigenvalue weighted by Crippen LogP contribution is -2.34. The zero-order chi connectivity index (χ0) is 16.8. The standard InChI is InChI=1S/C19H24N2O2/c1-4-5-11-21-15(3)14(2)12-17(19(21)23)18(22)20-13-16-9-7-6-8-10-16/h6-10,12H,4-5,11,13H2,1-3H3,(H,20,22). The van der Waals surface area contributed by atoms with Gasteiger partial charge >= 0.3 is 0 Å². The number of aromatic nitrogens is 1. The molecule has 4 heteroatoms. The van der Waals surface area contributed by atoms with Crippen LogP contribution < -0.4 is 10.9 Å². The quantitative estimate of drug-likeness (QED) is 0.890. The maximum absolute atomic E-state index is 12.6. The van der Waals surface area contributed by atoms with Crippen LogP contribution in [0.5, 0.6) is 0 Å². The molecular formula is C19H24N2O2. The largest absolute Gasteiger partial charge is 0.348 e. The summed E-state index contributed by atoms with van der Waals surface area (Å²) in [4.78, 5) is 25.0. The summed E-state index contributed by atoms with van der Waals surface area (Å²) in [7, 11) is 0. The van der Waals surface area contributed by atoms with Gasteiger partial charge in [0.15, 0.2) is 0 Å².